The van der Waals surface area contributed by atoms with Crippen molar-refractivity contribution >= 4 is 24.0 Å². The van der Waals surface area contributed by atoms with Crippen molar-refractivity contribution in [2.75, 3.05) is 14.2 Å². The van der Waals surface area contributed by atoms with Crippen LogP contribution in [0.2, 0.25) is 0 Å². The average Bonchev–Trinajstić information content (AvgIpc) is 4.15. The maximum atomic E-state index is 15.9. The van der Waals surface area contributed by atoms with Crippen molar-refractivity contribution in [2.24, 2.45) is 0 Å². The minimum atomic E-state index is -0.964. The van der Waals surface area contributed by atoms with Gasteiger partial charge in [0.1, 0.15) is 29.5 Å². The summed E-state index contributed by atoms with van der Waals surface area (Å²) in [5.41, 5.74) is 5.21. The number of nitrogens with one attached hydrogen (secondary N) is 4. The fourth-order valence-corrected chi connectivity index (χ4v) is 8.82. The second-order valence-corrected chi connectivity index (χ2v) is 16.0. The van der Waals surface area contributed by atoms with E-state index in [4.69, 9.17) is 14.5 Å². The smallest absolute Gasteiger partial charge is 0.407 e. The normalized spacial score (nSPS) is 19.3. The van der Waals surface area contributed by atoms with Crippen LogP contribution >= 0.6 is 0 Å². The molecule has 0 unspecified atom stereocenters. The zero-order valence-corrected chi connectivity index (χ0v) is 35.4. The molecule has 4 amide bonds. The Kier molecular flexibility index (Phi) is 12.4. The number of carbonyl (C=O) groups excluding carboxylic acids is 4. The molecule has 4 N–H and O–H groups in total. The van der Waals surface area contributed by atoms with Crippen molar-refractivity contribution in [3.8, 4) is 33.6 Å². The summed E-state index contributed by atoms with van der Waals surface area (Å²) in [4.78, 5) is 72.4. The van der Waals surface area contributed by atoms with E-state index in [1.807, 2.05) is 68.4 Å². The van der Waals surface area contributed by atoms with Gasteiger partial charge in [-0.3, -0.25) is 9.59 Å². The molecule has 14 nitrogen and oxygen atoms in total. The van der Waals surface area contributed by atoms with Crippen LogP contribution in [0.4, 0.5) is 14.0 Å². The Bertz CT molecular complexity index is 2580. The molecule has 2 aliphatic heterocycles. The minimum Gasteiger partial charge on any atom is -0.453 e. The number of aromatic nitrogens is 4. The van der Waals surface area contributed by atoms with Crippen molar-refractivity contribution < 1.29 is 33.0 Å². The fourth-order valence-electron chi connectivity index (χ4n) is 8.82. The Labute approximate surface area is 364 Å². The molecule has 0 aliphatic carbocycles. The van der Waals surface area contributed by atoms with Crippen LogP contribution < -0.4 is 10.6 Å². The number of hydrogen-bond acceptors (Lipinski definition) is 8. The van der Waals surface area contributed by atoms with E-state index in [0.717, 1.165) is 29.7 Å². The van der Waals surface area contributed by atoms with Gasteiger partial charge in [0.25, 0.3) is 11.8 Å². The summed E-state index contributed by atoms with van der Waals surface area (Å²) in [7, 11) is 2.52. The number of likely N-dealkylation sites (tertiary alicyclic amines) is 2. The third kappa shape index (κ3) is 8.76. The lowest BCUT2D eigenvalue weighted by Crippen LogP contribution is -2.45. The van der Waals surface area contributed by atoms with Gasteiger partial charge in [-0.05, 0) is 79.5 Å². The highest BCUT2D eigenvalue weighted by atomic mass is 19.1. The Morgan fingerprint density at radius 2 is 1.06 bits per heavy atom. The number of hydrogen-bond donors (Lipinski definition) is 4. The zero-order valence-electron chi connectivity index (χ0n) is 35.4. The van der Waals surface area contributed by atoms with Crippen molar-refractivity contribution in [3.05, 3.63) is 144 Å². The van der Waals surface area contributed by atoms with Crippen molar-refractivity contribution in [1.82, 2.24) is 40.4 Å². The molecular formula is C48H49FN8O6. The van der Waals surface area contributed by atoms with E-state index in [-0.39, 0.29) is 29.9 Å². The maximum absolute atomic E-state index is 15.9. The SMILES string of the molecule is COC(=O)N[C@@H](C(=O)N1[C@H](C)CC[C@@H]1c1ncc(-c2ccc(-c3ccc(-c4cnc([C@H]5CC[C@@H](C)N5C(=O)[C@H](NC(=O)OC)c5ccccc5)[nH]4)c(F)c3)cc2)[nH]1)c1ccccc1. The third-order valence-corrected chi connectivity index (χ3v) is 12.1. The van der Waals surface area contributed by atoms with Gasteiger partial charge < -0.3 is 39.9 Å². The van der Waals surface area contributed by atoms with Gasteiger partial charge in [0.15, 0.2) is 0 Å². The first kappa shape index (κ1) is 42.4. The van der Waals surface area contributed by atoms with Crippen LogP contribution in [-0.4, -0.2) is 80.0 Å². The Morgan fingerprint density at radius 3 is 1.54 bits per heavy atom. The summed E-state index contributed by atoms with van der Waals surface area (Å²) in [6.45, 7) is 3.96. The molecule has 4 aromatic carbocycles. The number of H-pyrrole nitrogens is 2. The standard InChI is InChI=1S/C48H49FN8O6/c1-28-15-23-39(56(28)45(58)41(54-47(60)62-3)32-11-7-5-8-12-32)43-50-26-37(52-43)31-19-17-30(18-20-31)34-21-22-35(36(49)25-34)38-27-51-44(53-38)40-24-16-29(2)57(40)46(59)42(55-48(61)63-4)33-13-9-6-10-14-33/h5-14,17-22,25-29,39-42H,15-16,23-24H2,1-4H3,(H,50,52)(H,51,53)(H,54,60)(H,55,61)/t28-,29-,39-,40-,41-,42-/m1/s1. The number of imidazole rings is 2. The molecule has 4 heterocycles. The van der Waals surface area contributed by atoms with Crippen LogP contribution in [0.5, 0.6) is 0 Å². The van der Waals surface area contributed by atoms with Gasteiger partial charge in [0.05, 0.1) is 50.1 Å². The molecule has 2 aromatic heterocycles. The topological polar surface area (TPSA) is 175 Å². The molecule has 0 radical (unpaired) electrons. The molecule has 324 valence electrons. The Hall–Kier alpha value is -7.29. The van der Waals surface area contributed by atoms with Gasteiger partial charge in [-0.1, -0.05) is 91.0 Å². The second-order valence-electron chi connectivity index (χ2n) is 16.0. The van der Waals surface area contributed by atoms with Crippen molar-refractivity contribution in [1.29, 1.82) is 0 Å². The number of carbonyl (C=O) groups is 4. The molecule has 6 aromatic rings. The van der Waals surface area contributed by atoms with Crippen LogP contribution in [0.15, 0.2) is 116 Å². The van der Waals surface area contributed by atoms with E-state index >= 15 is 4.39 Å². The lowest BCUT2D eigenvalue weighted by Gasteiger charge is -2.31. The van der Waals surface area contributed by atoms with Crippen LogP contribution in [0.25, 0.3) is 33.6 Å². The molecule has 0 saturated carbocycles. The molecule has 63 heavy (non-hydrogen) atoms. The van der Waals surface area contributed by atoms with Gasteiger partial charge >= 0.3 is 12.2 Å². The maximum Gasteiger partial charge on any atom is 0.407 e. The Balaban J connectivity index is 0.964. The number of benzene rings is 4. The van der Waals surface area contributed by atoms with Crippen LogP contribution in [0.3, 0.4) is 0 Å². The highest BCUT2D eigenvalue weighted by Crippen LogP contribution is 2.40. The number of nitrogens with zero attached hydrogens (tertiary/aromatic N) is 4. The predicted octanol–water partition coefficient (Wildman–Crippen LogP) is 8.57. The van der Waals surface area contributed by atoms with Crippen LogP contribution in [-0.2, 0) is 19.1 Å². The van der Waals surface area contributed by atoms with E-state index < -0.39 is 36.1 Å². The van der Waals surface area contributed by atoms with E-state index in [9.17, 15) is 19.2 Å². The molecule has 2 fully saturated rings. The number of ether oxygens (including phenoxy) is 2. The van der Waals surface area contributed by atoms with E-state index in [1.54, 1.807) is 64.7 Å². The highest BCUT2D eigenvalue weighted by Gasteiger charge is 2.42. The Morgan fingerprint density at radius 1 is 0.619 bits per heavy atom. The number of halogens is 1. The monoisotopic (exact) mass is 852 g/mol. The fraction of sp³-hybridized carbons (Fsp3) is 0.292. The number of alkyl carbamates (subject to hydrolysis) is 2. The summed E-state index contributed by atoms with van der Waals surface area (Å²) < 4.78 is 25.6. The quantitative estimate of drug-likeness (QED) is 0.100. The molecule has 0 bridgehead atoms. The summed E-state index contributed by atoms with van der Waals surface area (Å²) in [6, 6.07) is 28.0. The van der Waals surface area contributed by atoms with Gasteiger partial charge in [-0.25, -0.2) is 23.9 Å². The molecule has 2 saturated heterocycles. The van der Waals surface area contributed by atoms with Crippen molar-refractivity contribution in [3.63, 3.8) is 0 Å². The largest absolute Gasteiger partial charge is 0.453 e. The lowest BCUT2D eigenvalue weighted by atomic mass is 10.0. The van der Waals surface area contributed by atoms with Gasteiger partial charge in [0.2, 0.25) is 0 Å². The zero-order chi connectivity index (χ0) is 44.2. The summed E-state index contributed by atoms with van der Waals surface area (Å²) in [5, 5.41) is 5.40. The molecular weight excluding hydrogens is 804 g/mol. The molecule has 15 heteroatoms. The van der Waals surface area contributed by atoms with Crippen molar-refractivity contribution in [2.45, 2.75) is 75.8 Å². The number of rotatable bonds is 11. The first-order valence-electron chi connectivity index (χ1n) is 21.0. The predicted molar refractivity (Wildman–Crippen MR) is 233 cm³/mol. The van der Waals surface area contributed by atoms with E-state index in [2.05, 4.69) is 25.6 Å². The number of amides is 4. The first-order chi connectivity index (χ1) is 30.5. The van der Waals surface area contributed by atoms with E-state index in [0.29, 0.717) is 52.4 Å². The van der Waals surface area contributed by atoms with Gasteiger partial charge in [0, 0.05) is 17.6 Å². The summed E-state index contributed by atoms with van der Waals surface area (Å²) in [5.74, 6) is 0.193. The lowest BCUT2D eigenvalue weighted by molar-refractivity contribution is -0.137. The second kappa shape index (κ2) is 18.4. The highest BCUT2D eigenvalue weighted by molar-refractivity contribution is 5.88. The number of methoxy groups -OCH3 is 2. The third-order valence-electron chi connectivity index (χ3n) is 12.1. The molecule has 6 atom stereocenters. The average molecular weight is 853 g/mol. The first-order valence-corrected chi connectivity index (χ1v) is 21.0. The summed E-state index contributed by atoms with van der Waals surface area (Å²) in [6.07, 6.45) is 4.74. The van der Waals surface area contributed by atoms with Gasteiger partial charge in [-0.2, -0.15) is 0 Å². The number of aromatic amines is 2. The van der Waals surface area contributed by atoms with Crippen LogP contribution in [0.1, 0.15) is 86.5 Å². The summed E-state index contributed by atoms with van der Waals surface area (Å²) >= 11 is 0. The minimum absolute atomic E-state index is 0.0864. The van der Waals surface area contributed by atoms with Crippen LogP contribution in [0, 0.1) is 5.82 Å². The van der Waals surface area contributed by atoms with E-state index in [1.165, 1.54) is 20.3 Å². The molecule has 2 aliphatic rings. The molecule has 8 rings (SSSR count). The molecule has 0 spiro atoms. The van der Waals surface area contributed by atoms with Gasteiger partial charge in [-0.15, -0.1) is 0 Å².